The third-order valence-corrected chi connectivity index (χ3v) is 8.23. The third kappa shape index (κ3) is 2.00. The molecular weight excluding hydrogens is 296 g/mol. The van der Waals surface area contributed by atoms with E-state index in [1.807, 2.05) is 40.0 Å². The first kappa shape index (κ1) is 19.0. The largest absolute Gasteiger partial charge is 0.316 e. The van der Waals surface area contributed by atoms with Crippen molar-refractivity contribution in [2.24, 2.45) is 5.73 Å². The highest BCUT2D eigenvalue weighted by molar-refractivity contribution is 6.71. The van der Waals surface area contributed by atoms with Gasteiger partial charge in [0.25, 0.3) is 0 Å². The molecule has 1 aliphatic rings. The molecule has 1 aliphatic carbocycles. The zero-order valence-electron chi connectivity index (χ0n) is 15.7. The van der Waals surface area contributed by atoms with Crippen molar-refractivity contribution in [2.75, 3.05) is 0 Å². The number of ketones is 1. The molecule has 2 rings (SSSR count). The van der Waals surface area contributed by atoms with Crippen LogP contribution < -0.4 is 5.73 Å². The first-order valence-electron chi connectivity index (χ1n) is 8.26. The molecule has 0 saturated heterocycles. The van der Waals surface area contributed by atoms with E-state index in [4.69, 9.17) is 17.3 Å². The van der Waals surface area contributed by atoms with E-state index in [2.05, 4.69) is 47.1 Å². The fourth-order valence-corrected chi connectivity index (χ4v) is 4.64. The van der Waals surface area contributed by atoms with Crippen molar-refractivity contribution in [3.05, 3.63) is 34.9 Å². The predicted octanol–water partition coefficient (Wildman–Crippen LogP) is -5.39. The zero-order chi connectivity index (χ0) is 18.1. The van der Waals surface area contributed by atoms with Crippen LogP contribution in [-0.4, -0.2) is 68.6 Å². The summed E-state index contributed by atoms with van der Waals surface area (Å²) in [5.74, 6) is 0.0624. The van der Waals surface area contributed by atoms with E-state index in [0.29, 0.717) is 5.02 Å². The Morgan fingerprint density at radius 1 is 0.826 bits per heavy atom. The van der Waals surface area contributed by atoms with E-state index >= 15 is 0 Å². The summed E-state index contributed by atoms with van der Waals surface area (Å²) >= 11 is 6.46. The van der Waals surface area contributed by atoms with Gasteiger partial charge >= 0.3 is 0 Å². The van der Waals surface area contributed by atoms with Crippen LogP contribution in [0.2, 0.25) is 25.9 Å². The molecule has 0 heterocycles. The van der Waals surface area contributed by atoms with Gasteiger partial charge in [0.15, 0.2) is 0 Å². The van der Waals surface area contributed by atoms with Crippen LogP contribution in [0, 0.1) is 0 Å². The van der Waals surface area contributed by atoms with Gasteiger partial charge in [-0.15, -0.1) is 0 Å². The molecule has 1 unspecified atom stereocenters. The molecule has 1 fully saturated rings. The number of benzene rings is 1. The van der Waals surface area contributed by atoms with Gasteiger partial charge in [0.05, 0.1) is 36.9 Å². The molecule has 11 heteroatoms. The van der Waals surface area contributed by atoms with Crippen LogP contribution >= 0.6 is 11.6 Å². The van der Waals surface area contributed by atoms with Gasteiger partial charge in [-0.05, 0) is 16.8 Å². The molecule has 2 nitrogen and oxygen atoms in total. The first-order chi connectivity index (χ1) is 10.2. The number of carbonyl (C=O) groups is 1. The van der Waals surface area contributed by atoms with Gasteiger partial charge < -0.3 is 5.73 Å². The van der Waals surface area contributed by atoms with Crippen LogP contribution in [0.1, 0.15) is 5.56 Å². The fourth-order valence-electron chi connectivity index (χ4n) is 4.36. The van der Waals surface area contributed by atoms with Crippen molar-refractivity contribution in [3.8, 4) is 0 Å². The highest BCUT2D eigenvalue weighted by Gasteiger charge is 2.69. The highest BCUT2D eigenvalue weighted by atomic mass is 35.5. The summed E-state index contributed by atoms with van der Waals surface area (Å²) in [5, 5.41) is -0.889. The van der Waals surface area contributed by atoms with Crippen molar-refractivity contribution in [3.63, 3.8) is 0 Å². The van der Waals surface area contributed by atoms with Gasteiger partial charge in [-0.2, -0.15) is 0 Å². The summed E-state index contributed by atoms with van der Waals surface area (Å²) in [5.41, 5.74) is 6.54. The molecule has 1 aromatic rings. The molecule has 0 aromatic heterocycles. The molecule has 0 amide bonds. The minimum Gasteiger partial charge on any atom is -0.316 e. The Bertz CT molecular complexity index is 677. The quantitative estimate of drug-likeness (QED) is 0.526. The normalized spacial score (nSPS) is 30.6. The maximum atomic E-state index is 13.7. The molecule has 0 aliphatic heterocycles. The minimum atomic E-state index is -1.13. The third-order valence-electron chi connectivity index (χ3n) is 7.90. The Kier molecular flexibility index (Phi) is 4.19. The van der Waals surface area contributed by atoms with Crippen molar-refractivity contribution < 1.29 is 4.79 Å². The second-order valence-electron chi connectivity index (χ2n) is 9.12. The summed E-state index contributed by atoms with van der Waals surface area (Å²) in [4.78, 5) is 13.7. The Hall–Kier alpha value is -0.341. The van der Waals surface area contributed by atoms with Crippen LogP contribution in [0.5, 0.6) is 0 Å². The number of hydrogen-bond acceptors (Lipinski definition) is 2. The van der Waals surface area contributed by atoms with Gasteiger partial charge in [0.2, 0.25) is 0 Å². The van der Waals surface area contributed by atoms with E-state index in [-0.39, 0.29) is 16.2 Å². The van der Waals surface area contributed by atoms with Gasteiger partial charge in [-0.25, -0.2) is 0 Å². The number of nitrogens with two attached hydrogens (primary N) is 1. The van der Waals surface area contributed by atoms with E-state index < -0.39 is 16.0 Å². The summed E-state index contributed by atoms with van der Waals surface area (Å²) in [6, 6.07) is 7.48. The van der Waals surface area contributed by atoms with Gasteiger partial charge in [0, 0.05) is 5.02 Å². The highest BCUT2D eigenvalue weighted by Crippen LogP contribution is 2.74. The summed E-state index contributed by atoms with van der Waals surface area (Å²) in [6.45, 7) is 0. The predicted molar refractivity (Wildman–Crippen MR) is 121 cm³/mol. The van der Waals surface area contributed by atoms with Crippen LogP contribution in [0.15, 0.2) is 24.3 Å². The van der Waals surface area contributed by atoms with Crippen LogP contribution in [-0.2, 0) is 10.3 Å². The summed E-state index contributed by atoms with van der Waals surface area (Å²) in [6.07, 6.45) is 0. The number of Topliss-reactive ketones (excluding diaryl/α,β-unsaturated/α-hetero) is 1. The average molecular weight is 318 g/mol. The summed E-state index contributed by atoms with van der Waals surface area (Å²) < 4.78 is 0. The lowest BCUT2D eigenvalue weighted by atomic mass is 9.05. The topological polar surface area (TPSA) is 43.1 Å². The average Bonchev–Trinajstić information content (AvgIpc) is 2.44. The van der Waals surface area contributed by atoms with Crippen molar-refractivity contribution in [1.82, 2.24) is 0 Å². The van der Waals surface area contributed by atoms with E-state index in [1.54, 1.807) is 0 Å². The maximum absolute atomic E-state index is 13.7. The summed E-state index contributed by atoms with van der Waals surface area (Å²) in [7, 11) is 17.0. The smallest absolute Gasteiger partial charge is 0.146 e. The van der Waals surface area contributed by atoms with E-state index in [9.17, 15) is 4.79 Å². The van der Waals surface area contributed by atoms with Gasteiger partial charge in [-0.3, -0.25) is 4.79 Å². The van der Waals surface area contributed by atoms with Crippen molar-refractivity contribution in [2.45, 2.75) is 26.4 Å². The number of rotatable bonds is 1. The molecule has 0 spiro atoms. The lowest BCUT2D eigenvalue weighted by Gasteiger charge is -2.70. The fraction of sp³-hybridized carbons (Fsp3) is 0.417. The second-order valence-corrected chi connectivity index (χ2v) is 9.52. The van der Waals surface area contributed by atoms with E-state index in [1.165, 1.54) is 0 Å². The zero-order valence-corrected chi connectivity index (χ0v) is 16.4. The second kappa shape index (κ2) is 5.08. The minimum absolute atomic E-state index is 0.0624. The number of carbonyl (C=O) groups excluding carboxylic acids is 1. The monoisotopic (exact) mass is 319 g/mol. The van der Waals surface area contributed by atoms with Gasteiger partial charge in [0.1, 0.15) is 37.2 Å². The Balaban J connectivity index is 2.89. The lowest BCUT2D eigenvalue weighted by molar-refractivity contribution is -0.129. The SMILES string of the molecule is BC1(B)C(=O)C(N)(c2ccccc2Cl)C(B)(B)C(B)(B)C1(B)B. The Labute approximate surface area is 152 Å². The standard InChI is InChI=1S/C12H22B8ClNO/c13-9(14)7(23)8(22,5-3-1-2-4-6(5)21)10(15,16)12(19,20)11(9,17)18/h1-4H,13-20,22H2. The molecule has 112 valence electrons. The molecule has 2 N–H and O–H groups in total. The van der Waals surface area contributed by atoms with Crippen molar-refractivity contribution in [1.29, 1.82) is 0 Å². The Morgan fingerprint density at radius 3 is 1.78 bits per heavy atom. The Morgan fingerprint density at radius 2 is 1.30 bits per heavy atom. The van der Waals surface area contributed by atoms with Gasteiger partial charge in [-0.1, -0.05) is 45.4 Å². The van der Waals surface area contributed by atoms with Crippen LogP contribution in [0.3, 0.4) is 0 Å². The first-order valence-corrected chi connectivity index (χ1v) is 8.64. The molecule has 1 aromatic carbocycles. The molecule has 0 bridgehead atoms. The number of halogens is 1. The maximum Gasteiger partial charge on any atom is 0.146 e. The number of hydrogen-bond donors (Lipinski definition) is 1. The molecular formula is C12H22B8ClNO. The molecule has 0 radical (unpaired) electrons. The molecule has 1 atom stereocenters. The molecule has 1 saturated carbocycles. The van der Waals surface area contributed by atoms with Crippen molar-refractivity contribution >= 4 is 80.2 Å². The lowest BCUT2D eigenvalue weighted by Crippen LogP contribution is -2.71. The molecule has 23 heavy (non-hydrogen) atoms. The van der Waals surface area contributed by atoms with Crippen LogP contribution in [0.4, 0.5) is 0 Å². The van der Waals surface area contributed by atoms with E-state index in [0.717, 1.165) is 5.56 Å². The van der Waals surface area contributed by atoms with Crippen LogP contribution in [0.25, 0.3) is 0 Å².